The zero-order valence-electron chi connectivity index (χ0n) is 21.1. The molecule has 2 aromatic rings. The summed E-state index contributed by atoms with van der Waals surface area (Å²) in [5.74, 6) is 1.41. The Morgan fingerprint density at radius 1 is 1.12 bits per heavy atom. The van der Waals surface area contributed by atoms with E-state index in [1.54, 1.807) is 14.2 Å². The average Bonchev–Trinajstić information content (AvgIpc) is 2.76. The Kier molecular flexibility index (Phi) is 11.8. The third-order valence-electron chi connectivity index (χ3n) is 5.92. The number of benzene rings is 2. The first-order valence-corrected chi connectivity index (χ1v) is 12.2. The van der Waals surface area contributed by atoms with Crippen molar-refractivity contribution in [3.63, 3.8) is 0 Å². The second-order valence-electron chi connectivity index (χ2n) is 8.96. The molecular weight excluding hydrogens is 432 g/mol. The molecule has 0 spiro atoms. The molecule has 0 radical (unpaired) electrons. The van der Waals surface area contributed by atoms with Gasteiger partial charge in [0.15, 0.2) is 0 Å². The quantitative estimate of drug-likeness (QED) is 0.457. The lowest BCUT2D eigenvalue weighted by atomic mass is 9.83. The molecule has 5 heteroatoms. The largest absolute Gasteiger partial charge is 0.491 e. The van der Waals surface area contributed by atoms with E-state index in [-0.39, 0.29) is 0 Å². The molecule has 1 fully saturated rings. The molecule has 1 aliphatic carbocycles. The van der Waals surface area contributed by atoms with Gasteiger partial charge in [0.1, 0.15) is 5.75 Å². The zero-order valence-corrected chi connectivity index (χ0v) is 21.8. The van der Waals surface area contributed by atoms with Crippen LogP contribution in [0, 0.1) is 6.92 Å². The fraction of sp³-hybridized carbons (Fsp3) is 0.500. The molecule has 0 aromatic heterocycles. The molecule has 182 valence electrons. The van der Waals surface area contributed by atoms with E-state index in [0.717, 1.165) is 36.0 Å². The van der Waals surface area contributed by atoms with E-state index in [1.807, 2.05) is 12.1 Å². The topological polar surface area (TPSA) is 24.9 Å². The number of methoxy groups -OCH3 is 1. The molecular formula is C28H41ClN2O2. The summed E-state index contributed by atoms with van der Waals surface area (Å²) in [6, 6.07) is 12.6. The minimum Gasteiger partial charge on any atom is -0.491 e. The summed E-state index contributed by atoms with van der Waals surface area (Å²) in [5.41, 5.74) is 5.17. The summed E-state index contributed by atoms with van der Waals surface area (Å²) in [5, 5.41) is 0.832. The van der Waals surface area contributed by atoms with E-state index in [4.69, 9.17) is 16.3 Å². The molecule has 2 aliphatic rings. The number of likely N-dealkylation sites (tertiary alicyclic amines) is 1. The van der Waals surface area contributed by atoms with E-state index < -0.39 is 0 Å². The second-order valence-corrected chi connectivity index (χ2v) is 9.40. The normalized spacial score (nSPS) is 16.7. The van der Waals surface area contributed by atoms with Gasteiger partial charge in [-0.15, -0.1) is 6.58 Å². The first-order chi connectivity index (χ1) is 15.9. The summed E-state index contributed by atoms with van der Waals surface area (Å²) in [4.78, 5) is 4.48. The first-order valence-electron chi connectivity index (χ1n) is 11.8. The Hall–Kier alpha value is -2.01. The predicted molar refractivity (Wildman–Crippen MR) is 142 cm³/mol. The number of rotatable bonds is 6. The summed E-state index contributed by atoms with van der Waals surface area (Å²) in [7, 11) is 7.36. The Morgan fingerprint density at radius 2 is 1.85 bits per heavy atom. The molecule has 4 nitrogen and oxygen atoms in total. The summed E-state index contributed by atoms with van der Waals surface area (Å²) >= 11 is 6.13. The third-order valence-corrected chi connectivity index (χ3v) is 6.15. The zero-order chi connectivity index (χ0) is 24.2. The molecule has 1 unspecified atom stereocenters. The van der Waals surface area contributed by atoms with Crippen molar-refractivity contribution in [2.75, 3.05) is 59.5 Å². The Labute approximate surface area is 206 Å². The molecule has 0 N–H and O–H groups in total. The highest BCUT2D eigenvalue weighted by Gasteiger charge is 2.21. The molecule has 33 heavy (non-hydrogen) atoms. The fourth-order valence-corrected chi connectivity index (χ4v) is 4.29. The van der Waals surface area contributed by atoms with Crippen LogP contribution < -0.4 is 9.64 Å². The highest BCUT2D eigenvalue weighted by molar-refractivity contribution is 6.30. The summed E-state index contributed by atoms with van der Waals surface area (Å²) < 4.78 is 10.5. The maximum atomic E-state index is 6.21. The number of hydrogen-bond donors (Lipinski definition) is 0. The SMILES string of the molecule is C=CCN1CCC1.COC.Cc1ccc(OCC2CCCc3cc(Cl)ccc32)c(N(C)C)c1. The van der Waals surface area contributed by atoms with Crippen LogP contribution in [0.2, 0.25) is 5.02 Å². The van der Waals surface area contributed by atoms with Crippen LogP contribution in [0.4, 0.5) is 5.69 Å². The van der Waals surface area contributed by atoms with E-state index in [2.05, 4.69) is 72.5 Å². The monoisotopic (exact) mass is 472 g/mol. The molecule has 0 bridgehead atoms. The summed E-state index contributed by atoms with van der Waals surface area (Å²) in [6.07, 6.45) is 6.85. The van der Waals surface area contributed by atoms with Crippen LogP contribution in [0.15, 0.2) is 49.1 Å². The maximum Gasteiger partial charge on any atom is 0.142 e. The van der Waals surface area contributed by atoms with Crippen LogP contribution in [-0.2, 0) is 11.2 Å². The van der Waals surface area contributed by atoms with Gasteiger partial charge in [0.05, 0.1) is 12.3 Å². The first kappa shape index (κ1) is 27.2. The molecule has 2 aromatic carbocycles. The Bertz CT molecular complexity index is 865. The van der Waals surface area contributed by atoms with Crippen molar-refractivity contribution in [2.45, 2.75) is 38.5 Å². The van der Waals surface area contributed by atoms with Gasteiger partial charge in [-0.2, -0.15) is 0 Å². The van der Waals surface area contributed by atoms with Crippen molar-refractivity contribution in [1.82, 2.24) is 4.90 Å². The molecule has 1 atom stereocenters. The van der Waals surface area contributed by atoms with Gasteiger partial charge in [0.25, 0.3) is 0 Å². The number of nitrogens with zero attached hydrogens (tertiary/aromatic N) is 2. The van der Waals surface area contributed by atoms with E-state index in [9.17, 15) is 0 Å². The van der Waals surface area contributed by atoms with Crippen molar-refractivity contribution in [1.29, 1.82) is 0 Å². The second kappa shape index (κ2) is 14.3. The van der Waals surface area contributed by atoms with Crippen molar-refractivity contribution >= 4 is 17.3 Å². The highest BCUT2D eigenvalue weighted by atomic mass is 35.5. The number of aryl methyl sites for hydroxylation is 2. The number of halogens is 1. The lowest BCUT2D eigenvalue weighted by Crippen LogP contribution is -2.36. The van der Waals surface area contributed by atoms with E-state index in [1.165, 1.54) is 49.0 Å². The van der Waals surface area contributed by atoms with Gasteiger partial charge in [-0.1, -0.05) is 29.8 Å². The van der Waals surface area contributed by atoms with Gasteiger partial charge < -0.3 is 14.4 Å². The molecule has 1 aliphatic heterocycles. The number of hydrogen-bond acceptors (Lipinski definition) is 4. The van der Waals surface area contributed by atoms with Gasteiger partial charge in [0.2, 0.25) is 0 Å². The molecule has 1 saturated heterocycles. The predicted octanol–water partition coefficient (Wildman–Crippen LogP) is 6.35. The van der Waals surface area contributed by atoms with Gasteiger partial charge in [0, 0.05) is 45.8 Å². The fourth-order valence-electron chi connectivity index (χ4n) is 4.09. The molecule has 0 amide bonds. The van der Waals surface area contributed by atoms with E-state index in [0.29, 0.717) is 5.92 Å². The minimum atomic E-state index is 0.451. The van der Waals surface area contributed by atoms with Crippen LogP contribution in [0.3, 0.4) is 0 Å². The van der Waals surface area contributed by atoms with Gasteiger partial charge in [-0.05, 0) is 86.7 Å². The minimum absolute atomic E-state index is 0.451. The standard InChI is InChI=1S/C20H24ClNO.C6H11N.C2H6O/c1-14-7-10-20(19(11-14)22(2)3)23-13-16-6-4-5-15-12-17(21)8-9-18(15)16;1-2-4-7-5-3-6-7;1-3-2/h7-12,16H,4-6,13H2,1-3H3;2H,1,3-6H2;1-2H3. The highest BCUT2D eigenvalue weighted by Crippen LogP contribution is 2.35. The number of fused-ring (bicyclic) bond motifs is 1. The molecule has 0 saturated carbocycles. The number of ether oxygens (including phenoxy) is 2. The third kappa shape index (κ3) is 8.69. The molecule has 4 rings (SSSR count). The van der Waals surface area contributed by atoms with Gasteiger partial charge >= 0.3 is 0 Å². The lowest BCUT2D eigenvalue weighted by molar-refractivity contribution is 0.203. The van der Waals surface area contributed by atoms with Crippen LogP contribution in [0.25, 0.3) is 0 Å². The summed E-state index contributed by atoms with van der Waals surface area (Å²) in [6.45, 7) is 10.1. The van der Waals surface area contributed by atoms with Crippen molar-refractivity contribution in [2.24, 2.45) is 0 Å². The van der Waals surface area contributed by atoms with Crippen molar-refractivity contribution in [3.05, 3.63) is 70.8 Å². The van der Waals surface area contributed by atoms with Gasteiger partial charge in [-0.25, -0.2) is 0 Å². The van der Waals surface area contributed by atoms with Crippen LogP contribution in [0.5, 0.6) is 5.75 Å². The average molecular weight is 473 g/mol. The van der Waals surface area contributed by atoms with Crippen molar-refractivity contribution in [3.8, 4) is 5.75 Å². The van der Waals surface area contributed by atoms with E-state index >= 15 is 0 Å². The van der Waals surface area contributed by atoms with Crippen LogP contribution in [0.1, 0.15) is 41.9 Å². The molecule has 1 heterocycles. The Balaban J connectivity index is 0.000000321. The number of anilines is 1. The van der Waals surface area contributed by atoms with Crippen LogP contribution in [-0.4, -0.2) is 59.5 Å². The smallest absolute Gasteiger partial charge is 0.142 e. The van der Waals surface area contributed by atoms with Gasteiger partial charge in [-0.3, -0.25) is 4.90 Å². The lowest BCUT2D eigenvalue weighted by Gasteiger charge is -2.28. The maximum absolute atomic E-state index is 6.21. The Morgan fingerprint density at radius 3 is 2.42 bits per heavy atom. The van der Waals surface area contributed by atoms with Crippen molar-refractivity contribution < 1.29 is 9.47 Å². The van der Waals surface area contributed by atoms with Crippen LogP contribution >= 0.6 is 11.6 Å².